The Labute approximate surface area is 82.9 Å². The molecule has 1 aromatic carbocycles. The molecule has 1 fully saturated rings. The third kappa shape index (κ3) is 1.26. The Morgan fingerprint density at radius 3 is 2.57 bits per heavy atom. The number of Topliss-reactive ketones (excluding diaryl/α,β-unsaturated/α-hetero) is 1. The summed E-state index contributed by atoms with van der Waals surface area (Å²) in [5, 5.41) is 0. The van der Waals surface area contributed by atoms with Gasteiger partial charge in [0.05, 0.1) is 5.41 Å². The van der Waals surface area contributed by atoms with Crippen LogP contribution in [0, 0.1) is 12.7 Å². The Hall–Kier alpha value is -1.18. The van der Waals surface area contributed by atoms with Crippen molar-refractivity contribution in [3.8, 4) is 0 Å². The highest BCUT2D eigenvalue weighted by molar-refractivity contribution is 5.91. The second kappa shape index (κ2) is 2.91. The molecule has 74 valence electrons. The lowest BCUT2D eigenvalue weighted by atomic mass is 9.89. The molecular weight excluding hydrogens is 179 g/mol. The van der Waals surface area contributed by atoms with E-state index in [0.717, 1.165) is 24.0 Å². The van der Waals surface area contributed by atoms with Gasteiger partial charge in [-0.15, -0.1) is 0 Å². The van der Waals surface area contributed by atoms with Crippen molar-refractivity contribution in [2.75, 3.05) is 0 Å². The zero-order valence-corrected chi connectivity index (χ0v) is 8.43. The Bertz CT molecular complexity index is 391. The van der Waals surface area contributed by atoms with Gasteiger partial charge in [0.2, 0.25) is 0 Å². The van der Waals surface area contributed by atoms with Crippen LogP contribution in [0.2, 0.25) is 0 Å². The number of rotatable bonds is 2. The molecular formula is C12H13FO. The van der Waals surface area contributed by atoms with Gasteiger partial charge in [0.1, 0.15) is 11.6 Å². The van der Waals surface area contributed by atoms with E-state index in [-0.39, 0.29) is 17.0 Å². The van der Waals surface area contributed by atoms with Gasteiger partial charge < -0.3 is 0 Å². The number of benzene rings is 1. The van der Waals surface area contributed by atoms with Crippen LogP contribution < -0.4 is 0 Å². The molecule has 0 saturated heterocycles. The standard InChI is InChI=1S/C12H13FO/c1-8-3-4-10(13)7-11(8)12(5-6-12)9(2)14/h3-4,7H,5-6H2,1-2H3. The van der Waals surface area contributed by atoms with Gasteiger partial charge >= 0.3 is 0 Å². The van der Waals surface area contributed by atoms with E-state index in [1.165, 1.54) is 12.1 Å². The highest BCUT2D eigenvalue weighted by Gasteiger charge is 2.49. The molecule has 2 heteroatoms. The topological polar surface area (TPSA) is 17.1 Å². The molecule has 1 nitrogen and oxygen atoms in total. The van der Waals surface area contributed by atoms with Crippen LogP contribution in [0.4, 0.5) is 4.39 Å². The van der Waals surface area contributed by atoms with Gasteiger partial charge in [-0.2, -0.15) is 0 Å². The van der Waals surface area contributed by atoms with Gasteiger partial charge in [-0.3, -0.25) is 4.79 Å². The number of aryl methyl sites for hydroxylation is 1. The summed E-state index contributed by atoms with van der Waals surface area (Å²) in [6.45, 7) is 3.52. The first kappa shape index (κ1) is 9.38. The largest absolute Gasteiger partial charge is 0.299 e. The van der Waals surface area contributed by atoms with Crippen LogP contribution in [0.15, 0.2) is 18.2 Å². The minimum Gasteiger partial charge on any atom is -0.299 e. The van der Waals surface area contributed by atoms with E-state index >= 15 is 0 Å². The van der Waals surface area contributed by atoms with Crippen molar-refractivity contribution in [1.82, 2.24) is 0 Å². The van der Waals surface area contributed by atoms with Crippen molar-refractivity contribution in [3.05, 3.63) is 35.1 Å². The lowest BCUT2D eigenvalue weighted by Gasteiger charge is -2.14. The van der Waals surface area contributed by atoms with Crippen molar-refractivity contribution in [2.24, 2.45) is 0 Å². The van der Waals surface area contributed by atoms with E-state index in [1.807, 2.05) is 6.92 Å². The molecule has 0 unspecified atom stereocenters. The van der Waals surface area contributed by atoms with Crippen molar-refractivity contribution >= 4 is 5.78 Å². The maximum absolute atomic E-state index is 13.1. The maximum Gasteiger partial charge on any atom is 0.140 e. The Balaban J connectivity index is 2.51. The Morgan fingerprint density at radius 2 is 2.07 bits per heavy atom. The lowest BCUT2D eigenvalue weighted by Crippen LogP contribution is -2.18. The van der Waals surface area contributed by atoms with Gasteiger partial charge in [0.15, 0.2) is 0 Å². The first-order chi connectivity index (χ1) is 6.56. The molecule has 14 heavy (non-hydrogen) atoms. The third-order valence-corrected chi connectivity index (χ3v) is 3.14. The molecule has 1 aliphatic rings. The molecule has 1 aliphatic carbocycles. The normalized spacial score (nSPS) is 17.9. The summed E-state index contributed by atoms with van der Waals surface area (Å²) in [4.78, 5) is 11.5. The zero-order chi connectivity index (χ0) is 10.3. The molecule has 0 N–H and O–H groups in total. The smallest absolute Gasteiger partial charge is 0.140 e. The van der Waals surface area contributed by atoms with Crippen LogP contribution in [-0.4, -0.2) is 5.78 Å². The first-order valence-electron chi connectivity index (χ1n) is 4.84. The van der Waals surface area contributed by atoms with Gasteiger partial charge in [0, 0.05) is 0 Å². The molecule has 0 spiro atoms. The maximum atomic E-state index is 13.1. The molecule has 2 rings (SSSR count). The van der Waals surface area contributed by atoms with Crippen molar-refractivity contribution in [1.29, 1.82) is 0 Å². The molecule has 0 atom stereocenters. The molecule has 0 radical (unpaired) electrons. The summed E-state index contributed by atoms with van der Waals surface area (Å²) in [5.74, 6) is -0.0932. The van der Waals surface area contributed by atoms with E-state index in [2.05, 4.69) is 0 Å². The summed E-state index contributed by atoms with van der Waals surface area (Å²) in [6.07, 6.45) is 1.74. The molecule has 0 aliphatic heterocycles. The summed E-state index contributed by atoms with van der Waals surface area (Å²) in [6, 6.07) is 4.69. The Morgan fingerprint density at radius 1 is 1.43 bits per heavy atom. The van der Waals surface area contributed by atoms with Gasteiger partial charge in [-0.05, 0) is 49.9 Å². The van der Waals surface area contributed by atoms with E-state index in [9.17, 15) is 9.18 Å². The number of ketones is 1. The zero-order valence-electron chi connectivity index (χ0n) is 8.43. The number of halogens is 1. The average Bonchev–Trinajstić information content (AvgIpc) is 2.90. The highest BCUT2D eigenvalue weighted by Crippen LogP contribution is 2.50. The molecule has 1 aromatic rings. The minimum absolute atomic E-state index is 0.159. The Kier molecular flexibility index (Phi) is 1.95. The van der Waals surface area contributed by atoms with Crippen LogP contribution >= 0.6 is 0 Å². The number of hydrogen-bond donors (Lipinski definition) is 0. The number of carbonyl (C=O) groups is 1. The van der Waals surface area contributed by atoms with Crippen LogP contribution in [0.25, 0.3) is 0 Å². The lowest BCUT2D eigenvalue weighted by molar-refractivity contribution is -0.119. The van der Waals surface area contributed by atoms with Gasteiger partial charge in [-0.25, -0.2) is 4.39 Å². The van der Waals surface area contributed by atoms with Crippen LogP contribution in [0.1, 0.15) is 30.9 Å². The molecule has 0 bridgehead atoms. The number of carbonyl (C=O) groups excluding carboxylic acids is 1. The number of hydrogen-bond acceptors (Lipinski definition) is 1. The predicted molar refractivity (Wildman–Crippen MR) is 52.7 cm³/mol. The summed E-state index contributed by atoms with van der Waals surface area (Å²) < 4.78 is 13.1. The monoisotopic (exact) mass is 192 g/mol. The second-order valence-corrected chi connectivity index (χ2v) is 4.10. The first-order valence-corrected chi connectivity index (χ1v) is 4.84. The summed E-state index contributed by atoms with van der Waals surface area (Å²) in [7, 11) is 0. The molecule has 1 saturated carbocycles. The van der Waals surface area contributed by atoms with Crippen LogP contribution in [0.3, 0.4) is 0 Å². The SMILES string of the molecule is CC(=O)C1(c2cc(F)ccc2C)CC1. The molecule has 0 amide bonds. The van der Waals surface area contributed by atoms with Gasteiger partial charge in [-0.1, -0.05) is 6.07 Å². The quantitative estimate of drug-likeness (QED) is 0.704. The van der Waals surface area contributed by atoms with E-state index in [4.69, 9.17) is 0 Å². The summed E-state index contributed by atoms with van der Waals surface area (Å²) in [5.41, 5.74) is 1.54. The molecule has 0 heterocycles. The van der Waals surface area contributed by atoms with Crippen molar-refractivity contribution < 1.29 is 9.18 Å². The predicted octanol–water partition coefficient (Wildman–Crippen LogP) is 2.75. The van der Waals surface area contributed by atoms with Crippen LogP contribution in [-0.2, 0) is 10.2 Å². The minimum atomic E-state index is -0.355. The van der Waals surface area contributed by atoms with Crippen molar-refractivity contribution in [3.63, 3.8) is 0 Å². The van der Waals surface area contributed by atoms with Crippen LogP contribution in [0.5, 0.6) is 0 Å². The fourth-order valence-electron chi connectivity index (χ4n) is 2.05. The second-order valence-electron chi connectivity index (χ2n) is 4.10. The van der Waals surface area contributed by atoms with Gasteiger partial charge in [0.25, 0.3) is 0 Å². The van der Waals surface area contributed by atoms with E-state index < -0.39 is 0 Å². The highest BCUT2D eigenvalue weighted by atomic mass is 19.1. The van der Waals surface area contributed by atoms with Crippen molar-refractivity contribution in [2.45, 2.75) is 32.1 Å². The molecule has 0 aromatic heterocycles. The third-order valence-electron chi connectivity index (χ3n) is 3.14. The van der Waals surface area contributed by atoms with E-state index in [0.29, 0.717) is 0 Å². The fourth-order valence-corrected chi connectivity index (χ4v) is 2.05. The average molecular weight is 192 g/mol. The van der Waals surface area contributed by atoms with E-state index in [1.54, 1.807) is 13.0 Å². The summed E-state index contributed by atoms with van der Waals surface area (Å²) >= 11 is 0. The fraction of sp³-hybridized carbons (Fsp3) is 0.417.